The molecule has 2 aliphatic heterocycles. The largest absolute Gasteiger partial charge is 0.389 e. The Bertz CT molecular complexity index is 149. The highest BCUT2D eigenvalue weighted by atomic mass is 16.5. The van der Waals surface area contributed by atoms with Crippen molar-refractivity contribution in [3.63, 3.8) is 0 Å². The quantitative estimate of drug-likeness (QED) is 0.620. The van der Waals surface area contributed by atoms with Gasteiger partial charge in [-0.3, -0.25) is 0 Å². The molecule has 2 saturated heterocycles. The average molecular weight is 156 g/mol. The number of rotatable bonds is 1. The number of fused-ring (bicyclic) bond motifs is 2. The molecule has 2 atom stereocenters. The van der Waals surface area contributed by atoms with Gasteiger partial charge in [0.1, 0.15) is 0 Å². The third kappa shape index (κ3) is 1.09. The normalized spacial score (nSPS) is 49.1. The Kier molecular flexibility index (Phi) is 1.52. The molecule has 2 heterocycles. The zero-order valence-electron chi connectivity index (χ0n) is 7.21. The summed E-state index contributed by atoms with van der Waals surface area (Å²) in [5, 5.41) is 10.1. The Balaban J connectivity index is 2.05. The first-order valence-corrected chi connectivity index (χ1v) is 4.48. The average Bonchev–Trinajstić information content (AvgIpc) is 1.85. The first kappa shape index (κ1) is 7.56. The zero-order chi connectivity index (χ0) is 8.06. The number of ether oxygens (including phenoxy) is 1. The van der Waals surface area contributed by atoms with Gasteiger partial charge in [0.2, 0.25) is 0 Å². The van der Waals surface area contributed by atoms with Crippen molar-refractivity contribution in [2.75, 3.05) is 0 Å². The molecule has 3 rings (SSSR count). The third-order valence-corrected chi connectivity index (χ3v) is 3.15. The summed E-state index contributed by atoms with van der Waals surface area (Å²) in [6.45, 7) is 4.18. The Morgan fingerprint density at radius 3 is 2.09 bits per heavy atom. The minimum atomic E-state index is -0.425. The van der Waals surface area contributed by atoms with Crippen molar-refractivity contribution in [1.29, 1.82) is 0 Å². The Labute approximate surface area is 67.6 Å². The van der Waals surface area contributed by atoms with Gasteiger partial charge in [0.05, 0.1) is 17.8 Å². The van der Waals surface area contributed by atoms with Crippen LogP contribution in [-0.2, 0) is 4.74 Å². The van der Waals surface area contributed by atoms with Crippen LogP contribution in [0.4, 0.5) is 0 Å². The second-order valence-electron chi connectivity index (χ2n) is 4.28. The van der Waals surface area contributed by atoms with Crippen LogP contribution in [0.15, 0.2) is 0 Å². The van der Waals surface area contributed by atoms with Gasteiger partial charge in [-0.25, -0.2) is 0 Å². The predicted molar refractivity (Wildman–Crippen MR) is 42.3 cm³/mol. The van der Waals surface area contributed by atoms with E-state index < -0.39 is 5.60 Å². The van der Waals surface area contributed by atoms with E-state index in [1.54, 1.807) is 0 Å². The van der Waals surface area contributed by atoms with E-state index in [0.29, 0.717) is 18.1 Å². The van der Waals surface area contributed by atoms with E-state index in [2.05, 4.69) is 13.8 Å². The molecule has 3 fully saturated rings. The van der Waals surface area contributed by atoms with Crippen LogP contribution in [0.25, 0.3) is 0 Å². The maximum absolute atomic E-state index is 10.1. The van der Waals surface area contributed by atoms with Crippen LogP contribution >= 0.6 is 0 Å². The number of aliphatic hydroxyl groups is 1. The van der Waals surface area contributed by atoms with Gasteiger partial charge < -0.3 is 9.84 Å². The van der Waals surface area contributed by atoms with Gasteiger partial charge >= 0.3 is 0 Å². The molecule has 64 valence electrons. The maximum atomic E-state index is 10.1. The van der Waals surface area contributed by atoms with E-state index in [0.717, 1.165) is 12.8 Å². The van der Waals surface area contributed by atoms with E-state index in [-0.39, 0.29) is 0 Å². The van der Waals surface area contributed by atoms with E-state index >= 15 is 0 Å². The number of hydrogen-bond acceptors (Lipinski definition) is 2. The summed E-state index contributed by atoms with van der Waals surface area (Å²) in [7, 11) is 0. The van der Waals surface area contributed by atoms with Gasteiger partial charge in [0.25, 0.3) is 0 Å². The molecule has 0 aromatic rings. The molecular formula is C9H16O2. The standard InChI is InChI=1S/C9H16O2/c1-6(2)9(10)4-7-3-8(5-9)11-7/h6-8,10H,3-5H2,1-2H3. The first-order valence-electron chi connectivity index (χ1n) is 4.48. The minimum absolute atomic E-state index is 0.362. The van der Waals surface area contributed by atoms with Gasteiger partial charge in [-0.15, -0.1) is 0 Å². The van der Waals surface area contributed by atoms with E-state index in [9.17, 15) is 5.11 Å². The lowest BCUT2D eigenvalue weighted by Gasteiger charge is -2.51. The fraction of sp³-hybridized carbons (Fsp3) is 1.00. The summed E-state index contributed by atoms with van der Waals surface area (Å²) in [5.41, 5.74) is -0.425. The lowest BCUT2D eigenvalue weighted by atomic mass is 9.72. The molecule has 2 heteroatoms. The van der Waals surface area contributed by atoms with Crippen LogP contribution in [0.5, 0.6) is 0 Å². The molecule has 2 bridgehead atoms. The van der Waals surface area contributed by atoms with Crippen molar-refractivity contribution >= 4 is 0 Å². The van der Waals surface area contributed by atoms with E-state index in [4.69, 9.17) is 4.74 Å². The SMILES string of the molecule is CC(C)C1(O)CC2CC(C1)O2. The summed E-state index contributed by atoms with van der Waals surface area (Å²) in [6.07, 6.45) is 3.60. The molecule has 0 spiro atoms. The fourth-order valence-electron chi connectivity index (χ4n) is 2.16. The highest BCUT2D eigenvalue weighted by Gasteiger charge is 2.48. The van der Waals surface area contributed by atoms with Crippen molar-refractivity contribution in [3.8, 4) is 0 Å². The summed E-state index contributed by atoms with van der Waals surface area (Å²) in [6, 6.07) is 0. The molecular weight excluding hydrogens is 140 g/mol. The topological polar surface area (TPSA) is 29.5 Å². The van der Waals surface area contributed by atoms with Crippen molar-refractivity contribution in [2.24, 2.45) is 5.92 Å². The molecule has 3 aliphatic rings. The highest BCUT2D eigenvalue weighted by molar-refractivity contribution is 4.98. The van der Waals surface area contributed by atoms with Crippen molar-refractivity contribution in [3.05, 3.63) is 0 Å². The maximum Gasteiger partial charge on any atom is 0.0719 e. The van der Waals surface area contributed by atoms with Crippen LogP contribution in [0, 0.1) is 5.92 Å². The molecule has 1 N–H and O–H groups in total. The first-order chi connectivity index (χ1) is 5.10. The Morgan fingerprint density at radius 1 is 1.36 bits per heavy atom. The molecule has 1 saturated carbocycles. The van der Waals surface area contributed by atoms with Crippen LogP contribution in [-0.4, -0.2) is 22.9 Å². The lowest BCUT2D eigenvalue weighted by molar-refractivity contribution is -0.231. The molecule has 0 radical (unpaired) electrons. The van der Waals surface area contributed by atoms with Gasteiger partial charge in [-0.2, -0.15) is 0 Å². The van der Waals surface area contributed by atoms with Crippen LogP contribution in [0.3, 0.4) is 0 Å². The molecule has 11 heavy (non-hydrogen) atoms. The summed E-state index contributed by atoms with van der Waals surface area (Å²) >= 11 is 0. The van der Waals surface area contributed by atoms with Crippen molar-refractivity contribution < 1.29 is 9.84 Å². The van der Waals surface area contributed by atoms with Crippen LogP contribution in [0.1, 0.15) is 33.1 Å². The van der Waals surface area contributed by atoms with Crippen molar-refractivity contribution in [1.82, 2.24) is 0 Å². The van der Waals surface area contributed by atoms with E-state index in [1.165, 1.54) is 6.42 Å². The van der Waals surface area contributed by atoms with Gasteiger partial charge in [-0.05, 0) is 5.92 Å². The van der Waals surface area contributed by atoms with E-state index in [1.807, 2.05) is 0 Å². The molecule has 0 amide bonds. The Morgan fingerprint density at radius 2 is 1.82 bits per heavy atom. The lowest BCUT2D eigenvalue weighted by Crippen LogP contribution is -2.56. The third-order valence-electron chi connectivity index (χ3n) is 3.15. The van der Waals surface area contributed by atoms with Gasteiger partial charge in [0.15, 0.2) is 0 Å². The second kappa shape index (κ2) is 2.20. The monoisotopic (exact) mass is 156 g/mol. The second-order valence-corrected chi connectivity index (χ2v) is 4.28. The smallest absolute Gasteiger partial charge is 0.0719 e. The van der Waals surface area contributed by atoms with Crippen molar-refractivity contribution in [2.45, 2.75) is 50.9 Å². The molecule has 0 aromatic heterocycles. The zero-order valence-corrected chi connectivity index (χ0v) is 7.21. The number of hydrogen-bond donors (Lipinski definition) is 1. The highest BCUT2D eigenvalue weighted by Crippen LogP contribution is 2.43. The Hall–Kier alpha value is -0.0800. The molecule has 2 unspecified atom stereocenters. The predicted octanol–water partition coefficient (Wildman–Crippen LogP) is 1.32. The summed E-state index contributed by atoms with van der Waals surface area (Å²) in [5.74, 6) is 0.372. The van der Waals surface area contributed by atoms with Gasteiger partial charge in [0, 0.05) is 19.3 Å². The van der Waals surface area contributed by atoms with Crippen LogP contribution in [0.2, 0.25) is 0 Å². The summed E-state index contributed by atoms with van der Waals surface area (Å²) < 4.78 is 5.46. The molecule has 1 aliphatic carbocycles. The van der Waals surface area contributed by atoms with Gasteiger partial charge in [-0.1, -0.05) is 13.8 Å². The summed E-state index contributed by atoms with van der Waals surface area (Å²) in [4.78, 5) is 0. The fourth-order valence-corrected chi connectivity index (χ4v) is 2.16. The molecule has 2 nitrogen and oxygen atoms in total. The van der Waals surface area contributed by atoms with Crippen LogP contribution < -0.4 is 0 Å². The minimum Gasteiger partial charge on any atom is -0.389 e. The molecule has 0 aromatic carbocycles.